The lowest BCUT2D eigenvalue weighted by atomic mass is 10.2. The molecule has 11 heavy (non-hydrogen) atoms. The predicted molar refractivity (Wildman–Crippen MR) is 45.9 cm³/mol. The van der Waals surface area contributed by atoms with Crippen molar-refractivity contribution in [3.63, 3.8) is 0 Å². The SMILES string of the molecule is c1cc2cccc-2c2c(c1)C2. The van der Waals surface area contributed by atoms with Gasteiger partial charge in [-0.05, 0) is 28.7 Å². The highest BCUT2D eigenvalue weighted by atomic mass is 14.2. The highest BCUT2D eigenvalue weighted by Gasteiger charge is 2.20. The van der Waals surface area contributed by atoms with Crippen LogP contribution >= 0.6 is 0 Å². The van der Waals surface area contributed by atoms with Gasteiger partial charge in [-0.3, -0.25) is 0 Å². The van der Waals surface area contributed by atoms with E-state index >= 15 is 0 Å². The summed E-state index contributed by atoms with van der Waals surface area (Å²) in [5, 5.41) is 0. The van der Waals surface area contributed by atoms with E-state index < -0.39 is 0 Å². The highest BCUT2D eigenvalue weighted by Crippen LogP contribution is 2.37. The van der Waals surface area contributed by atoms with Gasteiger partial charge in [0.05, 0.1) is 0 Å². The Labute approximate surface area is 65.8 Å². The maximum Gasteiger partial charge on any atom is -0.00137 e. The van der Waals surface area contributed by atoms with Crippen LogP contribution in [0.4, 0.5) is 0 Å². The second kappa shape index (κ2) is 1.65. The first-order valence-electron chi connectivity index (χ1n) is 3.95. The monoisotopic (exact) mass is 140 g/mol. The summed E-state index contributed by atoms with van der Waals surface area (Å²) in [6.07, 6.45) is 1.21. The Balaban J connectivity index is 2.46. The standard InChI is InChI=1S/C11H8/c1-3-8-4-2-6-10(8)11-7-9(11)5-1/h1-6H,7H2. The van der Waals surface area contributed by atoms with Crippen molar-refractivity contribution in [1.82, 2.24) is 0 Å². The number of hydrogen-bond acceptors (Lipinski definition) is 0. The predicted octanol–water partition coefficient (Wildman–Crippen LogP) is 2.70. The molecular weight excluding hydrogens is 132 g/mol. The summed E-state index contributed by atoms with van der Waals surface area (Å²) in [5.41, 5.74) is 5.90. The third-order valence-electron chi connectivity index (χ3n) is 2.38. The van der Waals surface area contributed by atoms with Gasteiger partial charge in [-0.2, -0.15) is 0 Å². The Bertz CT molecular complexity index is 388. The van der Waals surface area contributed by atoms with E-state index in [1.54, 1.807) is 5.56 Å². The fourth-order valence-electron chi connectivity index (χ4n) is 1.70. The lowest BCUT2D eigenvalue weighted by Gasteiger charge is -1.88. The summed E-state index contributed by atoms with van der Waals surface area (Å²) in [6, 6.07) is 13.1. The minimum Gasteiger partial charge on any atom is -0.0614 e. The number of fused-ring (bicyclic) bond motifs is 3. The minimum atomic E-state index is 1.21. The molecular formula is C11H8. The van der Waals surface area contributed by atoms with Gasteiger partial charge in [-0.25, -0.2) is 0 Å². The van der Waals surface area contributed by atoms with Gasteiger partial charge in [0, 0.05) is 0 Å². The molecule has 3 aliphatic rings. The van der Waals surface area contributed by atoms with Crippen LogP contribution in [0.25, 0.3) is 11.1 Å². The molecule has 0 aromatic heterocycles. The smallest absolute Gasteiger partial charge is 0.00137 e. The summed E-state index contributed by atoms with van der Waals surface area (Å²) in [7, 11) is 0. The second-order valence-corrected chi connectivity index (χ2v) is 3.10. The van der Waals surface area contributed by atoms with Gasteiger partial charge in [0.1, 0.15) is 0 Å². The molecule has 0 unspecified atom stereocenters. The summed E-state index contributed by atoms with van der Waals surface area (Å²) >= 11 is 0. The van der Waals surface area contributed by atoms with Crippen LogP contribution in [0.15, 0.2) is 36.4 Å². The van der Waals surface area contributed by atoms with Crippen LogP contribution in [-0.4, -0.2) is 0 Å². The molecule has 0 aliphatic heterocycles. The molecule has 0 aromatic carbocycles. The molecule has 0 bridgehead atoms. The van der Waals surface area contributed by atoms with Crippen molar-refractivity contribution in [2.75, 3.05) is 0 Å². The van der Waals surface area contributed by atoms with Crippen LogP contribution in [-0.2, 0) is 6.42 Å². The maximum atomic E-state index is 2.22. The molecule has 0 fully saturated rings. The van der Waals surface area contributed by atoms with Crippen LogP contribution < -0.4 is 0 Å². The van der Waals surface area contributed by atoms with E-state index in [1.807, 2.05) is 0 Å². The second-order valence-electron chi connectivity index (χ2n) is 3.10. The minimum absolute atomic E-state index is 1.21. The molecule has 52 valence electrons. The van der Waals surface area contributed by atoms with Crippen molar-refractivity contribution in [2.45, 2.75) is 6.42 Å². The van der Waals surface area contributed by atoms with Gasteiger partial charge >= 0.3 is 0 Å². The van der Waals surface area contributed by atoms with Crippen molar-refractivity contribution in [2.24, 2.45) is 0 Å². The Kier molecular flexibility index (Phi) is 0.803. The molecule has 0 radical (unpaired) electrons. The largest absolute Gasteiger partial charge is 0.0614 e. The van der Waals surface area contributed by atoms with Gasteiger partial charge < -0.3 is 0 Å². The quantitative estimate of drug-likeness (QED) is 0.450. The molecule has 3 rings (SSSR count). The molecule has 0 atom stereocenters. The van der Waals surface area contributed by atoms with E-state index in [4.69, 9.17) is 0 Å². The zero-order valence-electron chi connectivity index (χ0n) is 6.17. The topological polar surface area (TPSA) is 0 Å². The summed E-state index contributed by atoms with van der Waals surface area (Å²) in [4.78, 5) is 0. The van der Waals surface area contributed by atoms with Gasteiger partial charge in [0.25, 0.3) is 0 Å². The van der Waals surface area contributed by atoms with Crippen LogP contribution in [0.5, 0.6) is 0 Å². The highest BCUT2D eigenvalue weighted by molar-refractivity contribution is 5.75. The van der Waals surface area contributed by atoms with E-state index in [2.05, 4.69) is 36.4 Å². The van der Waals surface area contributed by atoms with Crippen molar-refractivity contribution in [3.05, 3.63) is 47.5 Å². The fourth-order valence-corrected chi connectivity index (χ4v) is 1.70. The van der Waals surface area contributed by atoms with Gasteiger partial charge in [-0.15, -0.1) is 0 Å². The fraction of sp³-hybridized carbons (Fsp3) is 0.0909. The maximum absolute atomic E-state index is 2.22. The normalized spacial score (nSPS) is 13.1. The molecule has 0 nitrogen and oxygen atoms in total. The zero-order chi connectivity index (χ0) is 7.26. The Morgan fingerprint density at radius 2 is 1.73 bits per heavy atom. The molecule has 0 N–H and O–H groups in total. The molecule has 0 saturated carbocycles. The van der Waals surface area contributed by atoms with E-state index in [1.165, 1.54) is 23.1 Å². The average molecular weight is 140 g/mol. The Morgan fingerprint density at radius 3 is 2.64 bits per heavy atom. The van der Waals surface area contributed by atoms with Crippen molar-refractivity contribution < 1.29 is 0 Å². The zero-order valence-corrected chi connectivity index (χ0v) is 6.17. The summed E-state index contributed by atoms with van der Waals surface area (Å²) in [5.74, 6) is 0. The van der Waals surface area contributed by atoms with Crippen LogP contribution in [0.2, 0.25) is 0 Å². The van der Waals surface area contributed by atoms with Crippen LogP contribution in [0, 0.1) is 0 Å². The Morgan fingerprint density at radius 1 is 0.909 bits per heavy atom. The van der Waals surface area contributed by atoms with Gasteiger partial charge in [-0.1, -0.05) is 36.4 Å². The van der Waals surface area contributed by atoms with E-state index in [-0.39, 0.29) is 0 Å². The van der Waals surface area contributed by atoms with Gasteiger partial charge in [0.2, 0.25) is 0 Å². The lowest BCUT2D eigenvalue weighted by Crippen LogP contribution is -1.64. The first kappa shape index (κ1) is 5.36. The molecule has 0 heteroatoms. The lowest BCUT2D eigenvalue weighted by molar-refractivity contribution is 1.57. The van der Waals surface area contributed by atoms with Crippen molar-refractivity contribution >= 4 is 0 Å². The van der Waals surface area contributed by atoms with E-state index in [0.717, 1.165) is 0 Å². The van der Waals surface area contributed by atoms with E-state index in [0.29, 0.717) is 0 Å². The average Bonchev–Trinajstić information content (AvgIpc) is 2.65. The summed E-state index contributed by atoms with van der Waals surface area (Å²) in [6.45, 7) is 0. The first-order valence-corrected chi connectivity index (χ1v) is 3.95. The van der Waals surface area contributed by atoms with Crippen molar-refractivity contribution in [1.29, 1.82) is 0 Å². The molecule has 0 amide bonds. The molecule has 0 spiro atoms. The third kappa shape index (κ3) is 0.640. The first-order chi connectivity index (χ1) is 5.45. The number of hydrogen-bond donors (Lipinski definition) is 0. The van der Waals surface area contributed by atoms with Crippen molar-refractivity contribution in [3.8, 4) is 11.1 Å². The summed E-state index contributed by atoms with van der Waals surface area (Å²) < 4.78 is 0. The molecule has 3 aliphatic carbocycles. The van der Waals surface area contributed by atoms with Crippen LogP contribution in [0.1, 0.15) is 11.1 Å². The molecule has 0 aromatic rings. The van der Waals surface area contributed by atoms with Gasteiger partial charge in [0.15, 0.2) is 0 Å². The Hall–Kier alpha value is -1.30. The molecule has 0 heterocycles. The van der Waals surface area contributed by atoms with E-state index in [9.17, 15) is 0 Å². The third-order valence-corrected chi connectivity index (χ3v) is 2.38. The molecule has 0 saturated heterocycles. The number of rotatable bonds is 0. The van der Waals surface area contributed by atoms with Crippen LogP contribution in [0.3, 0.4) is 0 Å².